The number of carbonyl (C=O) groups excluding carboxylic acids is 1. The lowest BCUT2D eigenvalue weighted by molar-refractivity contribution is 0.102. The van der Waals surface area contributed by atoms with Crippen molar-refractivity contribution in [2.24, 2.45) is 0 Å². The molecule has 0 radical (unpaired) electrons. The first-order chi connectivity index (χ1) is 13.1. The van der Waals surface area contributed by atoms with E-state index in [1.807, 2.05) is 54.6 Å². The van der Waals surface area contributed by atoms with Crippen molar-refractivity contribution in [1.82, 2.24) is 4.98 Å². The molecule has 4 rings (SSSR count). The van der Waals surface area contributed by atoms with Gasteiger partial charge in [0.05, 0.1) is 0 Å². The van der Waals surface area contributed by atoms with Crippen molar-refractivity contribution in [3.8, 4) is 11.3 Å². The van der Waals surface area contributed by atoms with Crippen LogP contribution in [0.25, 0.3) is 22.0 Å². The van der Waals surface area contributed by atoms with Gasteiger partial charge >= 0.3 is 0 Å². The standard InChI is InChI=1S/C22H15BrN2O2/c23-17-7-9-18(10-8-17)24-21(26)19-11-12-20(25-22(19)27)16-6-5-14-3-1-2-4-15(14)13-16/h1-13H,(H,24,26)(H,25,27). The number of pyridine rings is 1. The first kappa shape index (κ1) is 17.2. The van der Waals surface area contributed by atoms with Gasteiger partial charge in [-0.15, -0.1) is 0 Å². The third-order valence-corrected chi connectivity index (χ3v) is 4.85. The van der Waals surface area contributed by atoms with E-state index in [1.54, 1.807) is 24.3 Å². The molecule has 0 aliphatic rings. The molecule has 0 aliphatic carbocycles. The molecule has 0 bridgehead atoms. The minimum Gasteiger partial charge on any atom is -0.322 e. The normalized spacial score (nSPS) is 10.7. The summed E-state index contributed by atoms with van der Waals surface area (Å²) in [5.41, 5.74) is 1.84. The van der Waals surface area contributed by atoms with Gasteiger partial charge in [0.1, 0.15) is 5.56 Å². The monoisotopic (exact) mass is 418 g/mol. The number of aromatic nitrogens is 1. The van der Waals surface area contributed by atoms with E-state index < -0.39 is 11.5 Å². The summed E-state index contributed by atoms with van der Waals surface area (Å²) in [5.74, 6) is -0.441. The predicted molar refractivity (Wildman–Crippen MR) is 112 cm³/mol. The molecule has 27 heavy (non-hydrogen) atoms. The maximum absolute atomic E-state index is 12.4. The summed E-state index contributed by atoms with van der Waals surface area (Å²) in [6.45, 7) is 0. The molecule has 1 heterocycles. The van der Waals surface area contributed by atoms with Crippen LogP contribution in [-0.4, -0.2) is 10.9 Å². The van der Waals surface area contributed by atoms with Crippen molar-refractivity contribution >= 4 is 38.3 Å². The van der Waals surface area contributed by atoms with Crippen LogP contribution in [0, 0.1) is 0 Å². The summed E-state index contributed by atoms with van der Waals surface area (Å²) >= 11 is 3.35. The SMILES string of the molecule is O=C(Nc1ccc(Br)cc1)c1ccc(-c2ccc3ccccc3c2)[nH]c1=O. The summed E-state index contributed by atoms with van der Waals surface area (Å²) in [6, 6.07) is 24.5. The molecule has 4 nitrogen and oxygen atoms in total. The minimum absolute atomic E-state index is 0.0717. The Hall–Kier alpha value is -3.18. The van der Waals surface area contributed by atoms with Crippen molar-refractivity contribution in [1.29, 1.82) is 0 Å². The van der Waals surface area contributed by atoms with Crippen LogP contribution in [0.4, 0.5) is 5.69 Å². The number of nitrogens with one attached hydrogen (secondary N) is 2. The van der Waals surface area contributed by atoms with Gasteiger partial charge in [-0.2, -0.15) is 0 Å². The molecule has 0 fully saturated rings. The Labute approximate surface area is 164 Å². The summed E-state index contributed by atoms with van der Waals surface area (Å²) in [6.07, 6.45) is 0. The lowest BCUT2D eigenvalue weighted by atomic mass is 10.0. The highest BCUT2D eigenvalue weighted by Crippen LogP contribution is 2.22. The van der Waals surface area contributed by atoms with E-state index in [9.17, 15) is 9.59 Å². The van der Waals surface area contributed by atoms with Crippen molar-refractivity contribution < 1.29 is 4.79 Å². The molecule has 1 aromatic heterocycles. The molecular formula is C22H15BrN2O2. The van der Waals surface area contributed by atoms with E-state index in [0.29, 0.717) is 11.4 Å². The van der Waals surface area contributed by atoms with Crippen molar-refractivity contribution in [3.63, 3.8) is 0 Å². The third kappa shape index (κ3) is 3.68. The average Bonchev–Trinajstić information content (AvgIpc) is 2.69. The van der Waals surface area contributed by atoms with E-state index >= 15 is 0 Å². The molecule has 5 heteroatoms. The molecule has 0 spiro atoms. The van der Waals surface area contributed by atoms with E-state index in [4.69, 9.17) is 0 Å². The highest BCUT2D eigenvalue weighted by molar-refractivity contribution is 9.10. The van der Waals surface area contributed by atoms with Crippen LogP contribution in [0.15, 0.2) is 88.1 Å². The van der Waals surface area contributed by atoms with Gasteiger partial charge in [0.2, 0.25) is 0 Å². The zero-order valence-electron chi connectivity index (χ0n) is 14.2. The van der Waals surface area contributed by atoms with Crippen molar-refractivity contribution in [3.05, 3.63) is 99.3 Å². The van der Waals surface area contributed by atoms with Crippen LogP contribution in [0.3, 0.4) is 0 Å². The molecule has 0 saturated carbocycles. The van der Waals surface area contributed by atoms with Crippen LogP contribution in [0.2, 0.25) is 0 Å². The van der Waals surface area contributed by atoms with E-state index in [0.717, 1.165) is 20.8 Å². The van der Waals surface area contributed by atoms with Gasteiger partial charge in [0.15, 0.2) is 0 Å². The maximum atomic E-state index is 12.4. The predicted octanol–water partition coefficient (Wildman–Crippen LogP) is 5.21. The highest BCUT2D eigenvalue weighted by atomic mass is 79.9. The third-order valence-electron chi connectivity index (χ3n) is 4.32. The highest BCUT2D eigenvalue weighted by Gasteiger charge is 2.12. The molecule has 2 N–H and O–H groups in total. The first-order valence-corrected chi connectivity index (χ1v) is 9.19. The topological polar surface area (TPSA) is 62.0 Å². The summed E-state index contributed by atoms with van der Waals surface area (Å²) in [7, 11) is 0. The van der Waals surface area contributed by atoms with Gasteiger partial charge in [-0.25, -0.2) is 0 Å². The van der Waals surface area contributed by atoms with E-state index in [-0.39, 0.29) is 5.56 Å². The van der Waals surface area contributed by atoms with Gasteiger partial charge in [0.25, 0.3) is 11.5 Å². The first-order valence-electron chi connectivity index (χ1n) is 8.39. The number of H-pyrrole nitrogens is 1. The molecular weight excluding hydrogens is 404 g/mol. The number of aromatic amines is 1. The second kappa shape index (κ2) is 7.21. The van der Waals surface area contributed by atoms with Crippen LogP contribution in [0.5, 0.6) is 0 Å². The van der Waals surface area contributed by atoms with Gasteiger partial charge < -0.3 is 10.3 Å². The molecule has 0 aliphatic heterocycles. The minimum atomic E-state index is -0.441. The number of halogens is 1. The van der Waals surface area contributed by atoms with Gasteiger partial charge in [0, 0.05) is 15.9 Å². The Balaban J connectivity index is 1.62. The number of anilines is 1. The zero-order chi connectivity index (χ0) is 18.8. The number of fused-ring (bicyclic) bond motifs is 1. The van der Waals surface area contributed by atoms with E-state index in [2.05, 4.69) is 26.2 Å². The van der Waals surface area contributed by atoms with Crippen LogP contribution in [0.1, 0.15) is 10.4 Å². The van der Waals surface area contributed by atoms with E-state index in [1.165, 1.54) is 0 Å². The van der Waals surface area contributed by atoms with Crippen LogP contribution in [-0.2, 0) is 0 Å². The largest absolute Gasteiger partial charge is 0.322 e. The lowest BCUT2D eigenvalue weighted by Crippen LogP contribution is -2.23. The molecule has 3 aromatic carbocycles. The fourth-order valence-electron chi connectivity index (χ4n) is 2.91. The Morgan fingerprint density at radius 1 is 0.852 bits per heavy atom. The summed E-state index contributed by atoms with van der Waals surface area (Å²) < 4.78 is 0.915. The number of carbonyl (C=O) groups is 1. The second-order valence-electron chi connectivity index (χ2n) is 6.14. The smallest absolute Gasteiger partial charge is 0.261 e. The Morgan fingerprint density at radius 2 is 1.59 bits per heavy atom. The van der Waals surface area contributed by atoms with Gasteiger partial charge in [-0.3, -0.25) is 9.59 Å². The fourth-order valence-corrected chi connectivity index (χ4v) is 3.17. The maximum Gasteiger partial charge on any atom is 0.261 e. The molecule has 0 atom stereocenters. The average molecular weight is 419 g/mol. The number of amides is 1. The van der Waals surface area contributed by atoms with Gasteiger partial charge in [-0.1, -0.05) is 52.3 Å². The van der Waals surface area contributed by atoms with Crippen molar-refractivity contribution in [2.45, 2.75) is 0 Å². The molecule has 0 saturated heterocycles. The molecule has 1 amide bonds. The van der Waals surface area contributed by atoms with Gasteiger partial charge in [-0.05, 0) is 58.8 Å². The number of hydrogen-bond donors (Lipinski definition) is 2. The molecule has 0 unspecified atom stereocenters. The number of rotatable bonds is 3. The lowest BCUT2D eigenvalue weighted by Gasteiger charge is -2.07. The van der Waals surface area contributed by atoms with Crippen LogP contribution >= 0.6 is 15.9 Å². The van der Waals surface area contributed by atoms with Crippen LogP contribution < -0.4 is 10.9 Å². The Morgan fingerprint density at radius 3 is 2.33 bits per heavy atom. The quantitative estimate of drug-likeness (QED) is 0.479. The number of benzene rings is 3. The van der Waals surface area contributed by atoms with Crippen molar-refractivity contribution in [2.75, 3.05) is 5.32 Å². The molecule has 132 valence electrons. The molecule has 4 aromatic rings. The number of hydrogen-bond acceptors (Lipinski definition) is 2. The fraction of sp³-hybridized carbons (Fsp3) is 0. The Kier molecular flexibility index (Phi) is 4.60. The second-order valence-corrected chi connectivity index (χ2v) is 7.05. The Bertz CT molecular complexity index is 1200. The zero-order valence-corrected chi connectivity index (χ0v) is 15.8. The summed E-state index contributed by atoms with van der Waals surface area (Å²) in [5, 5.41) is 4.95. The summed E-state index contributed by atoms with van der Waals surface area (Å²) in [4.78, 5) is 27.6.